The Morgan fingerprint density at radius 1 is 1.24 bits per heavy atom. The Morgan fingerprint density at radius 2 is 1.81 bits per heavy atom. The molecule has 7 heteroatoms. The zero-order chi connectivity index (χ0) is 16.6. The molecule has 0 aromatic heterocycles. The third kappa shape index (κ3) is 7.77. The number of aliphatic hydroxyl groups excluding tert-OH is 1. The zero-order valence-electron chi connectivity index (χ0n) is 13.3. The van der Waals surface area contributed by atoms with Gasteiger partial charge >= 0.3 is 0 Å². The Labute approximate surface area is 125 Å². The minimum Gasteiger partial charge on any atom is -0.389 e. The van der Waals surface area contributed by atoms with Crippen LogP contribution in [0.25, 0.3) is 0 Å². The van der Waals surface area contributed by atoms with E-state index in [0.717, 1.165) is 0 Å². The second kappa shape index (κ2) is 9.46. The fraction of sp³-hybridized carbons (Fsp3) is 0.786. The van der Waals surface area contributed by atoms with Crippen LogP contribution in [0.4, 0.5) is 0 Å². The van der Waals surface area contributed by atoms with Crippen molar-refractivity contribution in [2.75, 3.05) is 20.7 Å². The number of hydrogen-bond acceptors (Lipinski definition) is 5. The fourth-order valence-electron chi connectivity index (χ4n) is 1.81. The van der Waals surface area contributed by atoms with E-state index in [2.05, 4.69) is 5.32 Å². The van der Waals surface area contributed by atoms with Crippen LogP contribution in [0.15, 0.2) is 0 Å². The van der Waals surface area contributed by atoms with Crippen LogP contribution in [-0.2, 0) is 14.4 Å². The van der Waals surface area contributed by atoms with E-state index in [1.807, 2.05) is 13.8 Å². The number of amides is 2. The molecule has 0 heterocycles. The van der Waals surface area contributed by atoms with Crippen molar-refractivity contribution in [1.82, 2.24) is 10.2 Å². The van der Waals surface area contributed by atoms with Crippen molar-refractivity contribution in [2.24, 2.45) is 11.7 Å². The molecule has 0 saturated heterocycles. The number of nitrogens with one attached hydrogen (secondary N) is 1. The number of hydrogen-bond donors (Lipinski definition) is 3. The predicted molar refractivity (Wildman–Crippen MR) is 79.4 cm³/mol. The molecule has 4 N–H and O–H groups in total. The van der Waals surface area contributed by atoms with E-state index in [1.54, 1.807) is 14.1 Å². The van der Waals surface area contributed by atoms with Crippen molar-refractivity contribution in [1.29, 1.82) is 0 Å². The lowest BCUT2D eigenvalue weighted by atomic mass is 10.0. The van der Waals surface area contributed by atoms with Gasteiger partial charge in [0.25, 0.3) is 0 Å². The van der Waals surface area contributed by atoms with E-state index in [9.17, 15) is 14.4 Å². The number of aliphatic hydroxyl groups is 1. The maximum Gasteiger partial charge on any atom is 0.237 e. The van der Waals surface area contributed by atoms with Gasteiger partial charge in [0.2, 0.25) is 11.8 Å². The summed E-state index contributed by atoms with van der Waals surface area (Å²) in [6, 6.07) is -1.59. The minimum atomic E-state index is -0.885. The molecule has 122 valence electrons. The molecule has 0 bridgehead atoms. The molecular weight excluding hydrogens is 274 g/mol. The number of carbonyl (C=O) groups excluding carboxylic acids is 3. The molecule has 2 atom stereocenters. The van der Waals surface area contributed by atoms with Gasteiger partial charge in [0, 0.05) is 20.5 Å². The Bertz CT molecular complexity index is 369. The minimum absolute atomic E-state index is 0.114. The molecule has 0 aliphatic rings. The molecule has 2 amide bonds. The lowest BCUT2D eigenvalue weighted by molar-refractivity contribution is -0.132. The van der Waals surface area contributed by atoms with Crippen LogP contribution in [0.1, 0.15) is 33.1 Å². The summed E-state index contributed by atoms with van der Waals surface area (Å²) in [6.45, 7) is 3.21. The average molecular weight is 301 g/mol. The molecule has 0 spiro atoms. The second-order valence-corrected chi connectivity index (χ2v) is 5.75. The van der Waals surface area contributed by atoms with E-state index < -0.39 is 30.4 Å². The van der Waals surface area contributed by atoms with Crippen molar-refractivity contribution in [3.63, 3.8) is 0 Å². The largest absolute Gasteiger partial charge is 0.389 e. The molecule has 7 nitrogen and oxygen atoms in total. The average Bonchev–Trinajstić information content (AvgIpc) is 2.40. The summed E-state index contributed by atoms with van der Waals surface area (Å²) in [6.07, 6.45) is 0.766. The van der Waals surface area contributed by atoms with Gasteiger partial charge in [0.15, 0.2) is 5.78 Å². The number of nitrogens with zero attached hydrogens (tertiary/aromatic N) is 1. The van der Waals surface area contributed by atoms with Crippen molar-refractivity contribution in [2.45, 2.75) is 45.2 Å². The van der Waals surface area contributed by atoms with Crippen molar-refractivity contribution in [3.8, 4) is 0 Å². The Balaban J connectivity index is 4.59. The SMILES string of the molecule is CC(C)CC(N)C(=O)NC(CCC(=O)N(C)C)C(=O)CO. The second-order valence-electron chi connectivity index (χ2n) is 5.75. The fourth-order valence-corrected chi connectivity index (χ4v) is 1.81. The van der Waals surface area contributed by atoms with Crippen molar-refractivity contribution in [3.05, 3.63) is 0 Å². The van der Waals surface area contributed by atoms with E-state index in [0.29, 0.717) is 6.42 Å². The van der Waals surface area contributed by atoms with Gasteiger partial charge < -0.3 is 21.1 Å². The predicted octanol–water partition coefficient (Wildman–Crippen LogP) is -0.726. The number of carbonyl (C=O) groups is 3. The first-order chi connectivity index (χ1) is 9.68. The first-order valence-electron chi connectivity index (χ1n) is 7.08. The highest BCUT2D eigenvalue weighted by Gasteiger charge is 2.24. The maximum atomic E-state index is 11.9. The van der Waals surface area contributed by atoms with Crippen LogP contribution in [0.2, 0.25) is 0 Å². The van der Waals surface area contributed by atoms with Gasteiger partial charge in [0.05, 0.1) is 12.1 Å². The molecular formula is C14H27N3O4. The first-order valence-corrected chi connectivity index (χ1v) is 7.08. The Morgan fingerprint density at radius 3 is 2.24 bits per heavy atom. The van der Waals surface area contributed by atoms with E-state index in [1.165, 1.54) is 4.90 Å². The maximum absolute atomic E-state index is 11.9. The summed E-state index contributed by atoms with van der Waals surface area (Å²) < 4.78 is 0. The molecule has 0 aliphatic heterocycles. The highest BCUT2D eigenvalue weighted by atomic mass is 16.3. The van der Waals surface area contributed by atoms with E-state index in [-0.39, 0.29) is 24.7 Å². The quantitative estimate of drug-likeness (QED) is 0.520. The monoisotopic (exact) mass is 301 g/mol. The van der Waals surface area contributed by atoms with Crippen LogP contribution >= 0.6 is 0 Å². The normalized spacial score (nSPS) is 13.7. The van der Waals surface area contributed by atoms with Gasteiger partial charge in [-0.25, -0.2) is 0 Å². The summed E-state index contributed by atoms with van der Waals surface area (Å²) >= 11 is 0. The number of rotatable bonds is 9. The molecule has 0 saturated carbocycles. The molecule has 2 unspecified atom stereocenters. The standard InChI is InChI=1S/C14H27N3O4/c1-9(2)7-10(15)14(21)16-11(12(19)8-18)5-6-13(20)17(3)4/h9-11,18H,5-8,15H2,1-4H3,(H,16,21). The number of nitrogens with two attached hydrogens (primary N) is 1. The van der Waals surface area contributed by atoms with Crippen molar-refractivity contribution >= 4 is 17.6 Å². The topological polar surface area (TPSA) is 113 Å². The van der Waals surface area contributed by atoms with Crippen LogP contribution in [0.5, 0.6) is 0 Å². The van der Waals surface area contributed by atoms with Gasteiger partial charge in [-0.05, 0) is 18.8 Å². The molecule has 0 radical (unpaired) electrons. The molecule has 0 aromatic carbocycles. The van der Waals surface area contributed by atoms with Crippen LogP contribution in [-0.4, -0.2) is 60.4 Å². The lowest BCUT2D eigenvalue weighted by Gasteiger charge is -2.21. The molecule has 0 fully saturated rings. The summed E-state index contributed by atoms with van der Waals surface area (Å²) in [5, 5.41) is 11.5. The van der Waals surface area contributed by atoms with Crippen molar-refractivity contribution < 1.29 is 19.5 Å². The van der Waals surface area contributed by atoms with Gasteiger partial charge in [-0.1, -0.05) is 13.8 Å². The zero-order valence-corrected chi connectivity index (χ0v) is 13.3. The van der Waals surface area contributed by atoms with Gasteiger partial charge in [-0.2, -0.15) is 0 Å². The van der Waals surface area contributed by atoms with Gasteiger partial charge in [-0.15, -0.1) is 0 Å². The third-order valence-electron chi connectivity index (χ3n) is 3.07. The summed E-state index contributed by atoms with van der Waals surface area (Å²) in [5.74, 6) is -0.848. The number of Topliss-reactive ketones (excluding diaryl/α,β-unsaturated/α-hetero) is 1. The summed E-state index contributed by atoms with van der Waals surface area (Å²) in [7, 11) is 3.23. The molecule has 21 heavy (non-hydrogen) atoms. The summed E-state index contributed by atoms with van der Waals surface area (Å²) in [5.41, 5.74) is 5.75. The molecule has 0 aliphatic carbocycles. The first kappa shape index (κ1) is 19.5. The highest BCUT2D eigenvalue weighted by molar-refractivity contribution is 5.91. The van der Waals surface area contributed by atoms with Crippen LogP contribution in [0, 0.1) is 5.92 Å². The third-order valence-corrected chi connectivity index (χ3v) is 3.07. The lowest BCUT2D eigenvalue weighted by Crippen LogP contribution is -2.49. The van der Waals surface area contributed by atoms with Gasteiger partial charge in [0.1, 0.15) is 6.61 Å². The number of ketones is 1. The highest BCUT2D eigenvalue weighted by Crippen LogP contribution is 2.05. The molecule has 0 rings (SSSR count). The molecule has 0 aromatic rings. The van der Waals surface area contributed by atoms with Crippen LogP contribution < -0.4 is 11.1 Å². The van der Waals surface area contributed by atoms with E-state index in [4.69, 9.17) is 10.8 Å². The van der Waals surface area contributed by atoms with E-state index >= 15 is 0 Å². The Kier molecular flexibility index (Phi) is 8.80. The summed E-state index contributed by atoms with van der Waals surface area (Å²) in [4.78, 5) is 36.5. The van der Waals surface area contributed by atoms with Crippen LogP contribution in [0.3, 0.4) is 0 Å². The smallest absolute Gasteiger partial charge is 0.237 e. The Hall–Kier alpha value is -1.47. The van der Waals surface area contributed by atoms with Gasteiger partial charge in [-0.3, -0.25) is 14.4 Å².